The molecule has 0 aromatic carbocycles. The van der Waals surface area contributed by atoms with Gasteiger partial charge in [0, 0.05) is 33.0 Å². The summed E-state index contributed by atoms with van der Waals surface area (Å²) in [5, 5.41) is 0. The van der Waals surface area contributed by atoms with Gasteiger partial charge in [-0.2, -0.15) is 0 Å². The summed E-state index contributed by atoms with van der Waals surface area (Å²) in [5.74, 6) is 0. The molecule has 0 bridgehead atoms. The number of ether oxygens (including phenoxy) is 2. The second kappa shape index (κ2) is 4.85. The van der Waals surface area contributed by atoms with E-state index in [4.69, 9.17) is 9.47 Å². The van der Waals surface area contributed by atoms with Gasteiger partial charge in [-0.3, -0.25) is 4.98 Å². The summed E-state index contributed by atoms with van der Waals surface area (Å²) in [4.78, 5) is 3.92. The first-order chi connectivity index (χ1) is 5.86. The van der Waals surface area contributed by atoms with Gasteiger partial charge in [-0.15, -0.1) is 0 Å². The van der Waals surface area contributed by atoms with Crippen LogP contribution in [-0.2, 0) is 15.9 Å². The number of hydrogen-bond donors (Lipinski definition) is 0. The molecule has 0 saturated heterocycles. The summed E-state index contributed by atoms with van der Waals surface area (Å²) >= 11 is 0. The summed E-state index contributed by atoms with van der Waals surface area (Å²) in [6, 6.07) is 3.90. The van der Waals surface area contributed by atoms with Crippen LogP contribution in [0.4, 0.5) is 0 Å². The van der Waals surface area contributed by atoms with Crippen LogP contribution < -0.4 is 0 Å². The highest BCUT2D eigenvalue weighted by Gasteiger charge is 2.04. The Labute approximate surface area is 72.3 Å². The summed E-state index contributed by atoms with van der Waals surface area (Å²) in [6.07, 6.45) is 4.12. The van der Waals surface area contributed by atoms with Gasteiger partial charge in [0.05, 0.1) is 0 Å². The van der Waals surface area contributed by atoms with Gasteiger partial charge < -0.3 is 9.47 Å². The zero-order valence-electron chi connectivity index (χ0n) is 7.36. The van der Waals surface area contributed by atoms with E-state index in [1.807, 2.05) is 12.1 Å². The summed E-state index contributed by atoms with van der Waals surface area (Å²) in [6.45, 7) is 0. The van der Waals surface area contributed by atoms with Crippen molar-refractivity contribution in [3.63, 3.8) is 0 Å². The molecule has 66 valence electrons. The molecule has 1 aromatic heterocycles. The van der Waals surface area contributed by atoms with Crippen LogP contribution in [0.25, 0.3) is 0 Å². The summed E-state index contributed by atoms with van der Waals surface area (Å²) < 4.78 is 10.1. The van der Waals surface area contributed by atoms with Crippen molar-refractivity contribution in [3.05, 3.63) is 30.1 Å². The molecule has 12 heavy (non-hydrogen) atoms. The molecule has 0 atom stereocenters. The third kappa shape index (κ3) is 2.60. The van der Waals surface area contributed by atoms with Crippen LogP contribution in [0.15, 0.2) is 24.5 Å². The first-order valence-electron chi connectivity index (χ1n) is 3.81. The number of rotatable bonds is 4. The van der Waals surface area contributed by atoms with Gasteiger partial charge in [0.15, 0.2) is 6.29 Å². The Balaban J connectivity index is 2.51. The molecule has 3 nitrogen and oxygen atoms in total. The second-order valence-electron chi connectivity index (χ2n) is 2.46. The molecule has 0 aliphatic rings. The highest BCUT2D eigenvalue weighted by molar-refractivity contribution is 5.09. The van der Waals surface area contributed by atoms with Crippen LogP contribution in [0.5, 0.6) is 0 Å². The normalized spacial score (nSPS) is 10.6. The quantitative estimate of drug-likeness (QED) is 0.632. The van der Waals surface area contributed by atoms with E-state index in [2.05, 4.69) is 4.98 Å². The first-order valence-corrected chi connectivity index (χ1v) is 3.81. The van der Waals surface area contributed by atoms with Crippen molar-refractivity contribution in [1.29, 1.82) is 0 Å². The predicted octanol–water partition coefficient (Wildman–Crippen LogP) is 1.24. The minimum absolute atomic E-state index is 0.160. The zero-order valence-corrected chi connectivity index (χ0v) is 7.36. The largest absolute Gasteiger partial charge is 0.356 e. The van der Waals surface area contributed by atoms with Crippen molar-refractivity contribution in [2.24, 2.45) is 0 Å². The van der Waals surface area contributed by atoms with Gasteiger partial charge in [0.1, 0.15) is 0 Å². The Bertz CT molecular complexity index is 209. The van der Waals surface area contributed by atoms with Gasteiger partial charge in [-0.25, -0.2) is 0 Å². The molecule has 1 rings (SSSR count). The van der Waals surface area contributed by atoms with Gasteiger partial charge in [0.2, 0.25) is 0 Å². The lowest BCUT2D eigenvalue weighted by Gasteiger charge is -2.12. The lowest BCUT2D eigenvalue weighted by molar-refractivity contribution is -0.100. The molecule has 1 heterocycles. The van der Waals surface area contributed by atoms with Crippen LogP contribution in [0.1, 0.15) is 5.56 Å². The van der Waals surface area contributed by atoms with E-state index in [0.717, 1.165) is 6.42 Å². The van der Waals surface area contributed by atoms with Gasteiger partial charge in [-0.1, -0.05) is 0 Å². The fourth-order valence-electron chi connectivity index (χ4n) is 0.974. The van der Waals surface area contributed by atoms with Crippen LogP contribution in [0.2, 0.25) is 0 Å². The SMILES string of the molecule is COC(Cc1ccncc1)OC. The van der Waals surface area contributed by atoms with Crippen molar-refractivity contribution in [2.75, 3.05) is 14.2 Å². The zero-order chi connectivity index (χ0) is 8.81. The third-order valence-electron chi connectivity index (χ3n) is 1.68. The Morgan fingerprint density at radius 1 is 1.25 bits per heavy atom. The van der Waals surface area contributed by atoms with Crippen molar-refractivity contribution >= 4 is 0 Å². The molecule has 0 unspecified atom stereocenters. The van der Waals surface area contributed by atoms with Crippen molar-refractivity contribution in [1.82, 2.24) is 4.98 Å². The van der Waals surface area contributed by atoms with Gasteiger partial charge in [0.25, 0.3) is 0 Å². The van der Waals surface area contributed by atoms with E-state index in [-0.39, 0.29) is 6.29 Å². The molecule has 1 aromatic rings. The molecular weight excluding hydrogens is 154 g/mol. The minimum Gasteiger partial charge on any atom is -0.356 e. The molecule has 0 radical (unpaired) electrons. The van der Waals surface area contributed by atoms with E-state index in [1.165, 1.54) is 5.56 Å². The average Bonchev–Trinajstić information content (AvgIpc) is 2.16. The standard InChI is InChI=1S/C9H13NO2/c1-11-9(12-2)7-8-3-5-10-6-4-8/h3-6,9H,7H2,1-2H3. The van der Waals surface area contributed by atoms with Gasteiger partial charge >= 0.3 is 0 Å². The average molecular weight is 167 g/mol. The molecule has 0 aliphatic carbocycles. The minimum atomic E-state index is -0.160. The van der Waals surface area contributed by atoms with Crippen LogP contribution >= 0.6 is 0 Å². The van der Waals surface area contributed by atoms with E-state index < -0.39 is 0 Å². The van der Waals surface area contributed by atoms with E-state index >= 15 is 0 Å². The number of nitrogens with zero attached hydrogens (tertiary/aromatic N) is 1. The lowest BCUT2D eigenvalue weighted by atomic mass is 10.2. The topological polar surface area (TPSA) is 31.4 Å². The highest BCUT2D eigenvalue weighted by Crippen LogP contribution is 2.03. The fourth-order valence-corrected chi connectivity index (χ4v) is 0.974. The molecule has 0 spiro atoms. The maximum absolute atomic E-state index is 5.06. The Hall–Kier alpha value is -0.930. The molecule has 0 amide bonds. The van der Waals surface area contributed by atoms with E-state index in [0.29, 0.717) is 0 Å². The summed E-state index contributed by atoms with van der Waals surface area (Å²) in [7, 11) is 3.27. The van der Waals surface area contributed by atoms with Crippen molar-refractivity contribution in [3.8, 4) is 0 Å². The maximum Gasteiger partial charge on any atom is 0.160 e. The van der Waals surface area contributed by atoms with Crippen LogP contribution in [-0.4, -0.2) is 25.5 Å². The number of hydrogen-bond acceptors (Lipinski definition) is 3. The van der Waals surface area contributed by atoms with Crippen molar-refractivity contribution < 1.29 is 9.47 Å². The molecular formula is C9H13NO2. The second-order valence-corrected chi connectivity index (χ2v) is 2.46. The third-order valence-corrected chi connectivity index (χ3v) is 1.68. The first kappa shape index (κ1) is 9.16. The highest BCUT2D eigenvalue weighted by atomic mass is 16.7. The lowest BCUT2D eigenvalue weighted by Crippen LogP contribution is -2.15. The van der Waals surface area contributed by atoms with Crippen LogP contribution in [0.3, 0.4) is 0 Å². The Morgan fingerprint density at radius 2 is 1.83 bits per heavy atom. The van der Waals surface area contributed by atoms with Crippen LogP contribution in [0, 0.1) is 0 Å². The Kier molecular flexibility index (Phi) is 3.70. The van der Waals surface area contributed by atoms with E-state index in [1.54, 1.807) is 26.6 Å². The summed E-state index contributed by atoms with van der Waals surface area (Å²) in [5.41, 5.74) is 1.17. The smallest absolute Gasteiger partial charge is 0.160 e. The monoisotopic (exact) mass is 167 g/mol. The fraction of sp³-hybridized carbons (Fsp3) is 0.444. The predicted molar refractivity (Wildman–Crippen MR) is 45.7 cm³/mol. The molecule has 0 N–H and O–H groups in total. The van der Waals surface area contributed by atoms with Crippen molar-refractivity contribution in [2.45, 2.75) is 12.7 Å². The van der Waals surface area contributed by atoms with Gasteiger partial charge in [-0.05, 0) is 17.7 Å². The molecule has 0 saturated carbocycles. The molecule has 3 heteroatoms. The maximum atomic E-state index is 5.06. The van der Waals surface area contributed by atoms with E-state index in [9.17, 15) is 0 Å². The molecule has 0 fully saturated rings. The Morgan fingerprint density at radius 3 is 2.33 bits per heavy atom. The number of pyridine rings is 1. The number of aromatic nitrogens is 1. The number of methoxy groups -OCH3 is 2. The molecule has 0 aliphatic heterocycles.